The van der Waals surface area contributed by atoms with Crippen LogP contribution < -0.4 is 9.64 Å². The van der Waals surface area contributed by atoms with Crippen molar-refractivity contribution in [2.45, 2.75) is 11.8 Å². The average Bonchev–Trinajstić information content (AvgIpc) is 2.64. The van der Waals surface area contributed by atoms with Crippen molar-refractivity contribution in [3.63, 3.8) is 0 Å². The molecule has 1 aliphatic heterocycles. The number of halogens is 2. The fraction of sp³-hybridized carbons (Fsp3) is 0.333. The van der Waals surface area contributed by atoms with E-state index in [9.17, 15) is 12.8 Å². The molecule has 8 heteroatoms. The van der Waals surface area contributed by atoms with Crippen LogP contribution in [0.25, 0.3) is 0 Å². The predicted molar refractivity (Wildman–Crippen MR) is 103 cm³/mol. The molecule has 0 N–H and O–H groups in total. The molecule has 26 heavy (non-hydrogen) atoms. The summed E-state index contributed by atoms with van der Waals surface area (Å²) in [5.41, 5.74) is 0.890. The molecule has 0 aliphatic carbocycles. The average molecular weight is 443 g/mol. The Bertz CT molecular complexity index is 867. The van der Waals surface area contributed by atoms with E-state index in [1.54, 1.807) is 30.3 Å². The third-order valence-corrected chi connectivity index (χ3v) is 6.67. The maximum absolute atomic E-state index is 13.1. The first kappa shape index (κ1) is 19.1. The van der Waals surface area contributed by atoms with E-state index in [1.807, 2.05) is 6.92 Å². The maximum atomic E-state index is 13.1. The summed E-state index contributed by atoms with van der Waals surface area (Å²) in [6.07, 6.45) is 0. The second-order valence-electron chi connectivity index (χ2n) is 5.89. The smallest absolute Gasteiger partial charge is 0.246 e. The molecule has 0 radical (unpaired) electrons. The number of nitrogens with zero attached hydrogens (tertiary/aromatic N) is 2. The van der Waals surface area contributed by atoms with Gasteiger partial charge in [0.1, 0.15) is 16.5 Å². The van der Waals surface area contributed by atoms with E-state index < -0.39 is 10.0 Å². The lowest BCUT2D eigenvalue weighted by Gasteiger charge is -2.35. The lowest BCUT2D eigenvalue weighted by atomic mass is 10.2. The molecule has 2 aromatic carbocycles. The van der Waals surface area contributed by atoms with Crippen LogP contribution in [0.15, 0.2) is 51.8 Å². The van der Waals surface area contributed by atoms with Crippen LogP contribution in [0.3, 0.4) is 0 Å². The quantitative estimate of drug-likeness (QED) is 0.710. The summed E-state index contributed by atoms with van der Waals surface area (Å²) in [7, 11) is -3.66. The van der Waals surface area contributed by atoms with Crippen molar-refractivity contribution in [1.29, 1.82) is 0 Å². The summed E-state index contributed by atoms with van der Waals surface area (Å²) < 4.78 is 46.9. The number of anilines is 1. The number of hydrogen-bond donors (Lipinski definition) is 0. The zero-order chi connectivity index (χ0) is 18.7. The molecule has 3 rings (SSSR count). The molecule has 5 nitrogen and oxygen atoms in total. The van der Waals surface area contributed by atoms with Gasteiger partial charge in [-0.2, -0.15) is 4.31 Å². The molecule has 1 aliphatic rings. The second-order valence-corrected chi connectivity index (χ2v) is 8.71. The van der Waals surface area contributed by atoms with Crippen molar-refractivity contribution in [3.05, 3.63) is 52.8 Å². The van der Waals surface area contributed by atoms with Crippen molar-refractivity contribution in [2.24, 2.45) is 0 Å². The lowest BCUT2D eigenvalue weighted by molar-refractivity contribution is 0.327. The Kier molecular flexibility index (Phi) is 5.84. The van der Waals surface area contributed by atoms with Gasteiger partial charge < -0.3 is 9.64 Å². The van der Waals surface area contributed by atoms with Crippen LogP contribution in [0.2, 0.25) is 0 Å². The molecule has 2 aromatic rings. The molecule has 0 spiro atoms. The van der Waals surface area contributed by atoms with Gasteiger partial charge in [0.15, 0.2) is 0 Å². The Morgan fingerprint density at radius 1 is 1.08 bits per heavy atom. The Morgan fingerprint density at radius 2 is 1.73 bits per heavy atom. The van der Waals surface area contributed by atoms with Gasteiger partial charge in [-0.1, -0.05) is 15.9 Å². The highest BCUT2D eigenvalue weighted by Gasteiger charge is 2.31. The number of sulfonamides is 1. The van der Waals surface area contributed by atoms with Crippen molar-refractivity contribution in [3.8, 4) is 5.75 Å². The molecular weight excluding hydrogens is 423 g/mol. The maximum Gasteiger partial charge on any atom is 0.246 e. The van der Waals surface area contributed by atoms with Gasteiger partial charge in [-0.25, -0.2) is 12.8 Å². The summed E-state index contributed by atoms with van der Waals surface area (Å²) in [6.45, 7) is 4.02. The first-order valence-corrected chi connectivity index (χ1v) is 10.6. The zero-order valence-corrected chi connectivity index (χ0v) is 16.8. The van der Waals surface area contributed by atoms with Crippen LogP contribution in [0.4, 0.5) is 10.1 Å². The van der Waals surface area contributed by atoms with Gasteiger partial charge in [-0.3, -0.25) is 0 Å². The number of piperazine rings is 1. The fourth-order valence-electron chi connectivity index (χ4n) is 2.94. The van der Waals surface area contributed by atoms with Crippen LogP contribution in [-0.4, -0.2) is 45.5 Å². The van der Waals surface area contributed by atoms with Crippen molar-refractivity contribution in [1.82, 2.24) is 4.31 Å². The SMILES string of the molecule is CCOc1ccc(Br)cc1S(=O)(=O)N1CCN(c2ccc(F)cc2)CC1. The van der Waals surface area contributed by atoms with Gasteiger partial charge in [0.25, 0.3) is 0 Å². The van der Waals surface area contributed by atoms with E-state index in [1.165, 1.54) is 16.4 Å². The number of rotatable bonds is 5. The highest BCUT2D eigenvalue weighted by atomic mass is 79.9. The summed E-state index contributed by atoms with van der Waals surface area (Å²) in [6, 6.07) is 11.2. The van der Waals surface area contributed by atoms with Crippen LogP contribution in [0.5, 0.6) is 5.75 Å². The van der Waals surface area contributed by atoms with Crippen molar-refractivity contribution in [2.75, 3.05) is 37.7 Å². The highest BCUT2D eigenvalue weighted by Crippen LogP contribution is 2.31. The summed E-state index contributed by atoms with van der Waals surface area (Å²) in [5, 5.41) is 0. The summed E-state index contributed by atoms with van der Waals surface area (Å²) >= 11 is 3.33. The zero-order valence-electron chi connectivity index (χ0n) is 14.4. The number of benzene rings is 2. The van der Waals surface area contributed by atoms with E-state index in [0.29, 0.717) is 43.0 Å². The molecule has 0 atom stereocenters. The van der Waals surface area contributed by atoms with Gasteiger partial charge in [0.05, 0.1) is 6.61 Å². The molecule has 0 unspecified atom stereocenters. The molecule has 1 heterocycles. The van der Waals surface area contributed by atoms with E-state index in [4.69, 9.17) is 4.74 Å². The summed E-state index contributed by atoms with van der Waals surface area (Å²) in [5.74, 6) is 0.0738. The van der Waals surface area contributed by atoms with E-state index >= 15 is 0 Å². The molecular formula is C18H20BrFN2O3S. The van der Waals surface area contributed by atoms with Crippen LogP contribution in [0.1, 0.15) is 6.92 Å². The molecule has 1 saturated heterocycles. The molecule has 1 fully saturated rings. The molecule has 0 aromatic heterocycles. The third kappa shape index (κ3) is 4.02. The first-order chi connectivity index (χ1) is 12.4. The van der Waals surface area contributed by atoms with Gasteiger partial charge in [-0.05, 0) is 49.4 Å². The third-order valence-electron chi connectivity index (χ3n) is 4.25. The molecule has 0 amide bonds. The lowest BCUT2D eigenvalue weighted by Crippen LogP contribution is -2.48. The fourth-order valence-corrected chi connectivity index (χ4v) is 5.03. The van der Waals surface area contributed by atoms with Gasteiger partial charge in [0, 0.05) is 36.3 Å². The Balaban J connectivity index is 1.78. The minimum atomic E-state index is -3.66. The topological polar surface area (TPSA) is 49.9 Å². The second kappa shape index (κ2) is 7.94. The predicted octanol–water partition coefficient (Wildman–Crippen LogP) is 3.50. The standard InChI is InChI=1S/C18H20BrFN2O3S/c1-2-25-17-8-3-14(19)13-18(17)26(23,24)22-11-9-21(10-12-22)16-6-4-15(20)5-7-16/h3-8,13H,2,9-12H2,1H3. The van der Waals surface area contributed by atoms with Crippen LogP contribution >= 0.6 is 15.9 Å². The molecule has 0 saturated carbocycles. The van der Waals surface area contributed by atoms with Gasteiger partial charge in [0.2, 0.25) is 10.0 Å². The Morgan fingerprint density at radius 3 is 2.35 bits per heavy atom. The minimum absolute atomic E-state index is 0.170. The number of ether oxygens (including phenoxy) is 1. The normalized spacial score (nSPS) is 15.9. The van der Waals surface area contributed by atoms with E-state index in [-0.39, 0.29) is 10.7 Å². The number of hydrogen-bond acceptors (Lipinski definition) is 4. The molecule has 140 valence electrons. The largest absolute Gasteiger partial charge is 0.492 e. The van der Waals surface area contributed by atoms with Gasteiger partial charge in [-0.15, -0.1) is 0 Å². The van der Waals surface area contributed by atoms with E-state index in [0.717, 1.165) is 5.69 Å². The van der Waals surface area contributed by atoms with Crippen molar-refractivity contribution < 1.29 is 17.5 Å². The van der Waals surface area contributed by atoms with E-state index in [2.05, 4.69) is 20.8 Å². The van der Waals surface area contributed by atoms with Crippen molar-refractivity contribution >= 4 is 31.6 Å². The Hall–Kier alpha value is -1.64. The van der Waals surface area contributed by atoms with Crippen LogP contribution in [0, 0.1) is 5.82 Å². The molecule has 0 bridgehead atoms. The Labute approximate surface area is 161 Å². The van der Waals surface area contributed by atoms with Gasteiger partial charge >= 0.3 is 0 Å². The minimum Gasteiger partial charge on any atom is -0.492 e. The monoisotopic (exact) mass is 442 g/mol. The van der Waals surface area contributed by atoms with Crippen LogP contribution in [-0.2, 0) is 10.0 Å². The highest BCUT2D eigenvalue weighted by molar-refractivity contribution is 9.10. The summed E-state index contributed by atoms with van der Waals surface area (Å²) in [4.78, 5) is 2.22. The first-order valence-electron chi connectivity index (χ1n) is 8.35.